The highest BCUT2D eigenvalue weighted by Gasteiger charge is 2.73. The number of likely N-dealkylation sites (tertiary alicyclic amines) is 1. The number of ether oxygens (including phenoxy) is 1. The Kier molecular flexibility index (Phi) is 5.05. The second-order valence-corrected chi connectivity index (χ2v) is 10.8. The number of amides is 8. The number of rotatable bonds is 2. The van der Waals surface area contributed by atoms with Crippen molar-refractivity contribution >= 4 is 47.3 Å². The first-order valence-electron chi connectivity index (χ1n) is 13.1. The predicted octanol–water partition coefficient (Wildman–Crippen LogP) is -1.54. The monoisotopic (exact) mass is 546 g/mol. The minimum Gasteiger partial charge on any atom is -0.346 e. The molecule has 3 aliphatic carbocycles. The highest BCUT2D eigenvalue weighted by molar-refractivity contribution is 6.24. The topological polar surface area (TPSA) is 180 Å². The predicted molar refractivity (Wildman–Crippen MR) is 129 cm³/mol. The van der Waals surface area contributed by atoms with Crippen molar-refractivity contribution in [3.05, 3.63) is 47.1 Å². The van der Waals surface area contributed by atoms with E-state index < -0.39 is 53.3 Å². The van der Waals surface area contributed by atoms with Crippen LogP contribution in [0.25, 0.3) is 0 Å². The molecule has 0 aromatic heterocycles. The van der Waals surface area contributed by atoms with E-state index in [1.54, 1.807) is 24.3 Å². The third-order valence-corrected chi connectivity index (χ3v) is 8.54. The third-order valence-electron chi connectivity index (χ3n) is 8.54. The Morgan fingerprint density at radius 1 is 0.800 bits per heavy atom. The summed E-state index contributed by atoms with van der Waals surface area (Å²) in [5.41, 5.74) is 0.0541. The summed E-state index contributed by atoms with van der Waals surface area (Å²) in [7, 11) is 0. The highest BCUT2D eigenvalue weighted by atomic mass is 16.6. The first-order valence-corrected chi connectivity index (χ1v) is 13.1. The third kappa shape index (κ3) is 3.30. The van der Waals surface area contributed by atoms with E-state index in [1.165, 1.54) is 0 Å². The average Bonchev–Trinajstić information content (AvgIpc) is 3.82. The molecular weight excluding hydrogens is 524 g/mol. The van der Waals surface area contributed by atoms with Crippen LogP contribution in [0.5, 0.6) is 0 Å². The molecular formula is C27H22N4O9. The van der Waals surface area contributed by atoms with Gasteiger partial charge in [-0.25, -0.2) is 0 Å². The van der Waals surface area contributed by atoms with Crippen molar-refractivity contribution in [3.8, 4) is 0 Å². The number of allylic oxidation sites excluding steroid dienone is 3. The molecule has 0 aromatic carbocycles. The van der Waals surface area contributed by atoms with Crippen molar-refractivity contribution < 1.29 is 43.1 Å². The lowest BCUT2D eigenvalue weighted by Gasteiger charge is -2.28. The molecule has 13 nitrogen and oxygen atoms in total. The zero-order valence-corrected chi connectivity index (χ0v) is 20.9. The number of piperidine rings is 2. The van der Waals surface area contributed by atoms with E-state index in [4.69, 9.17) is 4.74 Å². The van der Waals surface area contributed by atoms with Gasteiger partial charge in [0.2, 0.25) is 29.2 Å². The molecule has 8 rings (SSSR count). The van der Waals surface area contributed by atoms with E-state index in [2.05, 4.69) is 10.6 Å². The first-order chi connectivity index (χ1) is 19.1. The van der Waals surface area contributed by atoms with E-state index in [-0.39, 0.29) is 54.9 Å². The van der Waals surface area contributed by atoms with Gasteiger partial charge in [0.15, 0.2) is 0 Å². The smallest absolute Gasteiger partial charge is 0.270 e. The molecule has 6 atom stereocenters. The van der Waals surface area contributed by atoms with Crippen molar-refractivity contribution in [2.75, 3.05) is 0 Å². The average molecular weight is 546 g/mol. The molecule has 8 amide bonds. The number of carbonyl (C=O) groups excluding carboxylic acids is 8. The molecule has 1 spiro atoms. The summed E-state index contributed by atoms with van der Waals surface area (Å²) in [6, 6.07) is -1.79. The van der Waals surface area contributed by atoms with Gasteiger partial charge in [0.25, 0.3) is 23.6 Å². The summed E-state index contributed by atoms with van der Waals surface area (Å²) in [6.45, 7) is 0. The zero-order chi connectivity index (χ0) is 28.1. The number of fused-ring (bicyclic) bond motifs is 2. The molecule has 8 aliphatic rings. The molecule has 0 aromatic rings. The van der Waals surface area contributed by atoms with E-state index in [9.17, 15) is 38.4 Å². The summed E-state index contributed by atoms with van der Waals surface area (Å²) in [6.07, 6.45) is 9.71. The van der Waals surface area contributed by atoms with Crippen LogP contribution < -0.4 is 10.6 Å². The number of hydrogen-bond acceptors (Lipinski definition) is 9. The van der Waals surface area contributed by atoms with Crippen molar-refractivity contribution in [3.63, 3.8) is 0 Å². The summed E-state index contributed by atoms with van der Waals surface area (Å²) in [4.78, 5) is 97.7. The normalized spacial score (nSPS) is 36.8. The van der Waals surface area contributed by atoms with Gasteiger partial charge in [0.1, 0.15) is 18.2 Å². The van der Waals surface area contributed by atoms with Crippen LogP contribution in [0, 0.1) is 11.8 Å². The second kappa shape index (κ2) is 8.24. The van der Waals surface area contributed by atoms with Crippen LogP contribution in [0.1, 0.15) is 32.1 Å². The van der Waals surface area contributed by atoms with Gasteiger partial charge in [-0.15, -0.1) is 0 Å². The van der Waals surface area contributed by atoms with Crippen molar-refractivity contribution in [2.45, 2.75) is 55.9 Å². The molecule has 204 valence electrons. The fourth-order valence-electron chi connectivity index (χ4n) is 6.36. The largest absolute Gasteiger partial charge is 0.346 e. The van der Waals surface area contributed by atoms with E-state index >= 15 is 0 Å². The SMILES string of the molecule is O=C1CCC(N2C(=O)C3=C(C2=O)C2CC2C=C3)C(=O)N1.O=C1CCC(N2C(=O)C3=CC=CC4OC34C2=O)C(=O)N1. The van der Waals surface area contributed by atoms with Crippen LogP contribution in [0.15, 0.2) is 47.1 Å². The minimum atomic E-state index is -1.21. The second-order valence-electron chi connectivity index (χ2n) is 10.8. The van der Waals surface area contributed by atoms with Crippen molar-refractivity contribution in [1.82, 2.24) is 20.4 Å². The van der Waals surface area contributed by atoms with E-state index in [1.807, 2.05) is 6.08 Å². The molecule has 13 heteroatoms. The van der Waals surface area contributed by atoms with Crippen LogP contribution in [-0.2, 0) is 43.1 Å². The Hall–Kier alpha value is -4.52. The van der Waals surface area contributed by atoms with Crippen LogP contribution >= 0.6 is 0 Å². The molecule has 2 N–H and O–H groups in total. The van der Waals surface area contributed by atoms with Crippen LogP contribution in [0.4, 0.5) is 0 Å². The Labute approximate surface area is 225 Å². The molecule has 5 aliphatic heterocycles. The first kappa shape index (κ1) is 24.5. The Morgan fingerprint density at radius 2 is 1.45 bits per heavy atom. The van der Waals surface area contributed by atoms with Gasteiger partial charge >= 0.3 is 0 Å². The lowest BCUT2D eigenvalue weighted by molar-refractivity contribution is -0.151. The molecule has 0 radical (unpaired) electrons. The Bertz CT molecular complexity index is 1520. The number of imide groups is 4. The van der Waals surface area contributed by atoms with Gasteiger partial charge in [-0.05, 0) is 31.1 Å². The van der Waals surface area contributed by atoms with Crippen molar-refractivity contribution in [1.29, 1.82) is 0 Å². The Balaban J connectivity index is 0.000000132. The summed E-state index contributed by atoms with van der Waals surface area (Å²) >= 11 is 0. The molecule has 5 heterocycles. The summed E-state index contributed by atoms with van der Waals surface area (Å²) in [5, 5.41) is 4.34. The summed E-state index contributed by atoms with van der Waals surface area (Å²) < 4.78 is 5.38. The van der Waals surface area contributed by atoms with Crippen molar-refractivity contribution in [2.24, 2.45) is 11.8 Å². The maximum atomic E-state index is 12.5. The fourth-order valence-corrected chi connectivity index (χ4v) is 6.36. The molecule has 6 unspecified atom stereocenters. The number of nitrogens with one attached hydrogen (secondary N) is 2. The Morgan fingerprint density at radius 3 is 2.08 bits per heavy atom. The highest BCUT2D eigenvalue weighted by Crippen LogP contribution is 2.53. The van der Waals surface area contributed by atoms with Crippen LogP contribution in [0.3, 0.4) is 0 Å². The van der Waals surface area contributed by atoms with Gasteiger partial charge in [-0.3, -0.25) is 58.8 Å². The lowest BCUT2D eigenvalue weighted by atomic mass is 9.93. The minimum absolute atomic E-state index is 0.113. The van der Waals surface area contributed by atoms with Gasteiger partial charge in [-0.1, -0.05) is 30.4 Å². The number of hydrogen-bond donors (Lipinski definition) is 2. The van der Waals surface area contributed by atoms with E-state index in [0.29, 0.717) is 17.1 Å². The van der Waals surface area contributed by atoms with Gasteiger partial charge in [0, 0.05) is 24.0 Å². The summed E-state index contributed by atoms with van der Waals surface area (Å²) in [5.74, 6) is -3.15. The maximum Gasteiger partial charge on any atom is 0.270 e. The number of carbonyl (C=O) groups is 8. The van der Waals surface area contributed by atoms with E-state index in [0.717, 1.165) is 16.2 Å². The van der Waals surface area contributed by atoms with Gasteiger partial charge in [0.05, 0.1) is 5.57 Å². The standard InChI is InChI=1S/C14H12N2O4.C13H10N2O5/c17-10-4-3-9(12(18)15-10)16-13(19)7-2-1-6-5-8(6)11(7)14(16)20;16-9-5-4-7(10(17)14-9)15-11(18)6-2-1-3-8-13(6,20-8)12(15)19/h1-2,6,8-9H,3-5H2,(H,15,17,18);1-3,7-8H,4-5H2,(H,14,16,17). The number of epoxide rings is 1. The fraction of sp³-hybridized carbons (Fsp3) is 0.407. The van der Waals surface area contributed by atoms with Gasteiger partial charge < -0.3 is 4.74 Å². The lowest BCUT2D eigenvalue weighted by Crippen LogP contribution is -2.55. The quantitative estimate of drug-likeness (QED) is 0.306. The molecule has 0 bridgehead atoms. The molecule has 1 saturated carbocycles. The van der Waals surface area contributed by atoms with Gasteiger partial charge in [-0.2, -0.15) is 0 Å². The zero-order valence-electron chi connectivity index (χ0n) is 20.9. The maximum absolute atomic E-state index is 12.5. The molecule has 4 saturated heterocycles. The van der Waals surface area contributed by atoms with Crippen LogP contribution in [0.2, 0.25) is 0 Å². The van der Waals surface area contributed by atoms with Crippen LogP contribution in [-0.4, -0.2) is 80.8 Å². The molecule has 5 fully saturated rings. The molecule has 40 heavy (non-hydrogen) atoms. The number of nitrogens with zero attached hydrogens (tertiary/aromatic N) is 2.